The molecule has 0 radical (unpaired) electrons. The van der Waals surface area contributed by atoms with E-state index < -0.39 is 7.12 Å². The molecular formula is C10H16BNO2. The lowest BCUT2D eigenvalue weighted by Gasteiger charge is -2.32. The summed E-state index contributed by atoms with van der Waals surface area (Å²) in [6.07, 6.45) is 0. The fraction of sp³-hybridized carbons (Fsp3) is 0.700. The molecule has 0 spiro atoms. The van der Waals surface area contributed by atoms with Crippen LogP contribution in [0.4, 0.5) is 0 Å². The predicted molar refractivity (Wildman–Crippen MR) is 56.4 cm³/mol. The van der Waals surface area contributed by atoms with E-state index in [2.05, 4.69) is 4.85 Å². The van der Waals surface area contributed by atoms with E-state index in [9.17, 15) is 0 Å². The number of allylic oxidation sites excluding steroid dienone is 1. The van der Waals surface area contributed by atoms with E-state index >= 15 is 0 Å². The monoisotopic (exact) mass is 193 g/mol. The molecule has 0 amide bonds. The van der Waals surface area contributed by atoms with Crippen LogP contribution < -0.4 is 0 Å². The van der Waals surface area contributed by atoms with Crippen molar-refractivity contribution in [1.82, 2.24) is 0 Å². The van der Waals surface area contributed by atoms with E-state index in [4.69, 9.17) is 15.9 Å². The summed E-state index contributed by atoms with van der Waals surface area (Å²) in [5.41, 5.74) is -0.0454. The summed E-state index contributed by atoms with van der Waals surface area (Å²) in [5.74, 6) is 1.71. The Balaban J connectivity index is 2.80. The van der Waals surface area contributed by atoms with Crippen molar-refractivity contribution in [1.29, 1.82) is 0 Å². The first-order chi connectivity index (χ1) is 6.28. The molecular weight excluding hydrogens is 177 g/mol. The van der Waals surface area contributed by atoms with Crippen molar-refractivity contribution in [3.63, 3.8) is 0 Å². The average Bonchev–Trinajstić information content (AvgIpc) is 2.20. The lowest BCUT2D eigenvalue weighted by Crippen LogP contribution is -2.41. The predicted octanol–water partition coefficient (Wildman–Crippen LogP) is 2.44. The zero-order chi connectivity index (χ0) is 11.0. The van der Waals surface area contributed by atoms with E-state index in [0.717, 1.165) is 0 Å². The highest BCUT2D eigenvalue weighted by Gasteiger charge is 2.49. The van der Waals surface area contributed by atoms with Gasteiger partial charge in [0.05, 0.1) is 17.8 Å². The molecule has 1 saturated heterocycles. The van der Waals surface area contributed by atoms with Crippen molar-refractivity contribution < 1.29 is 9.31 Å². The van der Waals surface area contributed by atoms with Gasteiger partial charge in [-0.05, 0) is 34.6 Å². The smallest absolute Gasteiger partial charge is 0.401 e. The summed E-state index contributed by atoms with van der Waals surface area (Å²) in [7, 11) is -0.394. The van der Waals surface area contributed by atoms with Crippen molar-refractivity contribution >= 4 is 7.12 Å². The minimum atomic E-state index is -0.394. The molecule has 0 bridgehead atoms. The van der Waals surface area contributed by atoms with Gasteiger partial charge in [-0.2, -0.15) is 0 Å². The molecule has 76 valence electrons. The molecule has 3 nitrogen and oxygen atoms in total. The van der Waals surface area contributed by atoms with Crippen molar-refractivity contribution in [3.05, 3.63) is 23.1 Å². The van der Waals surface area contributed by atoms with Crippen LogP contribution in [0, 0.1) is 6.57 Å². The second kappa shape index (κ2) is 3.41. The maximum atomic E-state index is 6.82. The molecule has 0 aliphatic carbocycles. The molecule has 1 aliphatic rings. The van der Waals surface area contributed by atoms with Crippen molar-refractivity contribution in [2.45, 2.75) is 45.8 Å². The Bertz CT molecular complexity index is 286. The van der Waals surface area contributed by atoms with Gasteiger partial charge in [0.2, 0.25) is 0 Å². The second-order valence-corrected chi connectivity index (χ2v) is 4.54. The van der Waals surface area contributed by atoms with Crippen LogP contribution in [0.5, 0.6) is 0 Å². The van der Waals surface area contributed by atoms with Gasteiger partial charge in [-0.25, -0.2) is 4.85 Å². The van der Waals surface area contributed by atoms with Crippen LogP contribution >= 0.6 is 0 Å². The highest BCUT2D eigenvalue weighted by atomic mass is 16.7. The summed E-state index contributed by atoms with van der Waals surface area (Å²) in [5, 5.41) is 0. The van der Waals surface area contributed by atoms with E-state index in [1.54, 1.807) is 12.9 Å². The van der Waals surface area contributed by atoms with Crippen molar-refractivity contribution in [3.8, 4) is 0 Å². The molecule has 0 aromatic heterocycles. The fourth-order valence-electron chi connectivity index (χ4n) is 1.19. The molecule has 14 heavy (non-hydrogen) atoms. The normalized spacial score (nSPS) is 24.9. The number of nitrogens with zero attached hydrogens (tertiary/aromatic N) is 1. The molecule has 0 unspecified atom stereocenters. The molecule has 1 fully saturated rings. The second-order valence-electron chi connectivity index (χ2n) is 4.54. The molecule has 1 heterocycles. The maximum Gasteiger partial charge on any atom is 0.475 e. The Morgan fingerprint density at radius 1 is 1.21 bits per heavy atom. The van der Waals surface area contributed by atoms with Gasteiger partial charge < -0.3 is 9.31 Å². The lowest BCUT2D eigenvalue weighted by atomic mass is 9.89. The summed E-state index contributed by atoms with van der Waals surface area (Å²) in [6, 6.07) is 0. The Kier molecular flexibility index (Phi) is 2.75. The lowest BCUT2D eigenvalue weighted by molar-refractivity contribution is 0.00578. The number of hydrogen-bond acceptors (Lipinski definition) is 2. The third-order valence-electron chi connectivity index (χ3n) is 2.83. The SMILES string of the molecule is [C-]#[N+]/C(C)=C/B1OC(C)(C)C(C)(C)O1. The molecule has 1 aliphatic heterocycles. The van der Waals surface area contributed by atoms with Gasteiger partial charge in [0, 0.05) is 0 Å². The average molecular weight is 193 g/mol. The Hall–Kier alpha value is -0.785. The molecule has 0 saturated carbocycles. The third-order valence-corrected chi connectivity index (χ3v) is 2.83. The van der Waals surface area contributed by atoms with Gasteiger partial charge in [0.25, 0.3) is 0 Å². The number of rotatable bonds is 1. The molecule has 1 rings (SSSR count). The summed E-state index contributed by atoms with van der Waals surface area (Å²) in [6.45, 7) is 16.5. The standard InChI is InChI=1S/C10H16BNO2/c1-8(12-6)7-11-13-9(2,3)10(4,5)14-11/h7H,1-5H3/b8-7+. The molecule has 0 N–H and O–H groups in total. The van der Waals surface area contributed by atoms with Crippen LogP contribution in [0.3, 0.4) is 0 Å². The summed E-state index contributed by atoms with van der Waals surface area (Å²) in [4.78, 5) is 3.30. The van der Waals surface area contributed by atoms with Crippen LogP contribution in [0.15, 0.2) is 11.7 Å². The van der Waals surface area contributed by atoms with Crippen LogP contribution in [0.1, 0.15) is 34.6 Å². The Labute approximate surface area is 86.1 Å². The zero-order valence-electron chi connectivity index (χ0n) is 9.42. The van der Waals surface area contributed by atoms with Crippen LogP contribution in [0.2, 0.25) is 0 Å². The fourth-order valence-corrected chi connectivity index (χ4v) is 1.19. The summed E-state index contributed by atoms with van der Waals surface area (Å²) < 4.78 is 11.4. The van der Waals surface area contributed by atoms with E-state index in [-0.39, 0.29) is 11.2 Å². The largest absolute Gasteiger partial charge is 0.475 e. The number of hydrogen-bond donors (Lipinski definition) is 0. The zero-order valence-corrected chi connectivity index (χ0v) is 9.42. The van der Waals surface area contributed by atoms with Gasteiger partial charge in [-0.15, -0.1) is 0 Å². The van der Waals surface area contributed by atoms with Crippen molar-refractivity contribution in [2.75, 3.05) is 0 Å². The molecule has 0 atom stereocenters. The first-order valence-electron chi connectivity index (χ1n) is 4.70. The van der Waals surface area contributed by atoms with Gasteiger partial charge in [-0.3, -0.25) is 0 Å². The Morgan fingerprint density at radius 2 is 1.64 bits per heavy atom. The highest BCUT2D eigenvalue weighted by Crippen LogP contribution is 2.37. The molecule has 4 heteroatoms. The third kappa shape index (κ3) is 2.00. The molecule has 0 aromatic rings. The van der Waals surface area contributed by atoms with E-state index in [1.807, 2.05) is 27.7 Å². The Morgan fingerprint density at radius 3 is 2.00 bits per heavy atom. The first-order valence-corrected chi connectivity index (χ1v) is 4.70. The summed E-state index contributed by atoms with van der Waals surface area (Å²) >= 11 is 0. The first kappa shape index (κ1) is 11.3. The van der Waals surface area contributed by atoms with Gasteiger partial charge in [0.15, 0.2) is 5.70 Å². The molecule has 0 aromatic carbocycles. The topological polar surface area (TPSA) is 22.8 Å². The van der Waals surface area contributed by atoms with Gasteiger partial charge >= 0.3 is 7.12 Å². The van der Waals surface area contributed by atoms with E-state index in [1.165, 1.54) is 0 Å². The minimum Gasteiger partial charge on any atom is -0.401 e. The van der Waals surface area contributed by atoms with E-state index in [0.29, 0.717) is 5.70 Å². The van der Waals surface area contributed by atoms with Crippen LogP contribution in [0.25, 0.3) is 4.85 Å². The maximum absolute atomic E-state index is 6.82. The van der Waals surface area contributed by atoms with Crippen LogP contribution in [-0.4, -0.2) is 18.3 Å². The minimum absolute atomic E-state index is 0.323. The van der Waals surface area contributed by atoms with Gasteiger partial charge in [0.1, 0.15) is 0 Å². The highest BCUT2D eigenvalue weighted by molar-refractivity contribution is 6.51. The van der Waals surface area contributed by atoms with Crippen LogP contribution in [-0.2, 0) is 9.31 Å². The quantitative estimate of drug-likeness (QED) is 0.471. The van der Waals surface area contributed by atoms with Gasteiger partial charge in [-0.1, -0.05) is 5.98 Å². The van der Waals surface area contributed by atoms with Crippen molar-refractivity contribution in [2.24, 2.45) is 0 Å².